The monoisotopic (exact) mass is 297 g/mol. The van der Waals surface area contributed by atoms with Gasteiger partial charge in [-0.1, -0.05) is 13.8 Å². The number of nitrogens with two attached hydrogens (primary N) is 1. The van der Waals surface area contributed by atoms with Crippen molar-refractivity contribution in [3.8, 4) is 24.7 Å². The molecule has 1 aromatic rings. The highest BCUT2D eigenvalue weighted by Gasteiger charge is 2.13. The first-order chi connectivity index (χ1) is 10.5. The zero-order chi connectivity index (χ0) is 17.0. The Kier molecular flexibility index (Phi) is 10.5. The van der Waals surface area contributed by atoms with Gasteiger partial charge in [0.25, 0.3) is 0 Å². The van der Waals surface area contributed by atoms with Crippen molar-refractivity contribution in [3.63, 3.8) is 0 Å². The summed E-state index contributed by atoms with van der Waals surface area (Å²) in [6, 6.07) is 3.90. The molecule has 2 nitrogen and oxygen atoms in total. The van der Waals surface area contributed by atoms with Gasteiger partial charge in [-0.3, -0.25) is 4.79 Å². The van der Waals surface area contributed by atoms with Gasteiger partial charge in [-0.15, -0.1) is 24.7 Å². The molecule has 0 heterocycles. The molecule has 0 amide bonds. The molecule has 0 saturated heterocycles. The molecule has 0 saturated carbocycles. The summed E-state index contributed by atoms with van der Waals surface area (Å²) in [5.74, 6) is 5.40. The SMILES string of the molecule is C#CCC.C#CCC(C)c1cc(C=O)cc(C)c1CCCN. The van der Waals surface area contributed by atoms with Crippen LogP contribution in [0.1, 0.15) is 66.1 Å². The zero-order valence-corrected chi connectivity index (χ0v) is 14.0. The molecule has 1 unspecified atom stereocenters. The number of carbonyl (C=O) groups is 1. The summed E-state index contributed by atoms with van der Waals surface area (Å²) in [5.41, 5.74) is 9.96. The largest absolute Gasteiger partial charge is 0.330 e. The zero-order valence-electron chi connectivity index (χ0n) is 14.0. The van der Waals surface area contributed by atoms with Gasteiger partial charge in [0, 0.05) is 18.4 Å². The second-order valence-corrected chi connectivity index (χ2v) is 5.28. The van der Waals surface area contributed by atoms with Gasteiger partial charge in [0.15, 0.2) is 0 Å². The lowest BCUT2D eigenvalue weighted by Gasteiger charge is -2.18. The van der Waals surface area contributed by atoms with E-state index in [1.807, 2.05) is 26.0 Å². The number of hydrogen-bond acceptors (Lipinski definition) is 2. The molecule has 0 aromatic heterocycles. The highest BCUT2D eigenvalue weighted by Crippen LogP contribution is 2.27. The summed E-state index contributed by atoms with van der Waals surface area (Å²) >= 11 is 0. The van der Waals surface area contributed by atoms with E-state index in [1.165, 1.54) is 11.1 Å². The van der Waals surface area contributed by atoms with Crippen LogP contribution in [0.25, 0.3) is 0 Å². The number of aldehydes is 1. The Morgan fingerprint density at radius 3 is 2.41 bits per heavy atom. The number of rotatable bonds is 6. The highest BCUT2D eigenvalue weighted by molar-refractivity contribution is 5.76. The molecule has 0 aliphatic heterocycles. The van der Waals surface area contributed by atoms with Gasteiger partial charge in [-0.05, 0) is 61.1 Å². The molecule has 0 radical (unpaired) electrons. The van der Waals surface area contributed by atoms with E-state index in [2.05, 4.69) is 18.8 Å². The predicted octanol–water partition coefficient (Wildman–Crippen LogP) is 3.86. The Hall–Kier alpha value is -2.03. The lowest BCUT2D eigenvalue weighted by atomic mass is 9.87. The first-order valence-electron chi connectivity index (χ1n) is 7.71. The topological polar surface area (TPSA) is 43.1 Å². The smallest absolute Gasteiger partial charge is 0.150 e. The quantitative estimate of drug-likeness (QED) is 0.640. The van der Waals surface area contributed by atoms with Crippen LogP contribution < -0.4 is 5.73 Å². The average Bonchev–Trinajstić information content (AvgIpc) is 2.53. The Balaban J connectivity index is 0.000000980. The van der Waals surface area contributed by atoms with Gasteiger partial charge < -0.3 is 5.73 Å². The maximum Gasteiger partial charge on any atom is 0.150 e. The van der Waals surface area contributed by atoms with Crippen molar-refractivity contribution >= 4 is 6.29 Å². The molecule has 2 heteroatoms. The average molecular weight is 297 g/mol. The Bertz CT molecular complexity index is 546. The third-order valence-corrected chi connectivity index (χ3v) is 3.46. The third kappa shape index (κ3) is 6.61. The van der Waals surface area contributed by atoms with E-state index >= 15 is 0 Å². The molecule has 0 bridgehead atoms. The molecule has 22 heavy (non-hydrogen) atoms. The van der Waals surface area contributed by atoms with Crippen molar-refractivity contribution in [2.45, 2.75) is 52.4 Å². The van der Waals surface area contributed by atoms with E-state index in [0.717, 1.165) is 36.7 Å². The van der Waals surface area contributed by atoms with E-state index < -0.39 is 0 Å². The molecule has 0 spiro atoms. The summed E-state index contributed by atoms with van der Waals surface area (Å²) in [4.78, 5) is 11.0. The minimum Gasteiger partial charge on any atom is -0.330 e. The number of benzene rings is 1. The second-order valence-electron chi connectivity index (χ2n) is 5.28. The fourth-order valence-corrected chi connectivity index (χ4v) is 2.29. The van der Waals surface area contributed by atoms with Crippen LogP contribution >= 0.6 is 0 Å². The van der Waals surface area contributed by atoms with Crippen molar-refractivity contribution in [2.75, 3.05) is 6.54 Å². The molecule has 2 N–H and O–H groups in total. The molecule has 0 fully saturated rings. The van der Waals surface area contributed by atoms with Gasteiger partial charge in [-0.2, -0.15) is 0 Å². The summed E-state index contributed by atoms with van der Waals surface area (Å²) in [5, 5.41) is 0. The molecule has 1 rings (SSSR count). The second kappa shape index (κ2) is 11.6. The summed E-state index contributed by atoms with van der Waals surface area (Å²) in [7, 11) is 0. The molecule has 0 aliphatic rings. The molecular weight excluding hydrogens is 270 g/mol. The predicted molar refractivity (Wildman–Crippen MR) is 94.9 cm³/mol. The molecule has 1 atom stereocenters. The number of carbonyl (C=O) groups excluding carboxylic acids is 1. The van der Waals surface area contributed by atoms with Crippen LogP contribution in [-0.4, -0.2) is 12.8 Å². The number of terminal acetylenes is 2. The molecule has 1 aromatic carbocycles. The number of aryl methyl sites for hydroxylation is 1. The molecular formula is C20H27NO. The van der Waals surface area contributed by atoms with E-state index in [-0.39, 0.29) is 5.92 Å². The van der Waals surface area contributed by atoms with Gasteiger partial charge in [0.1, 0.15) is 6.29 Å². The number of hydrogen-bond donors (Lipinski definition) is 1. The maximum atomic E-state index is 11.0. The van der Waals surface area contributed by atoms with E-state index in [4.69, 9.17) is 18.6 Å². The molecule has 118 valence electrons. The maximum absolute atomic E-state index is 11.0. The third-order valence-electron chi connectivity index (χ3n) is 3.46. The lowest BCUT2D eigenvalue weighted by Crippen LogP contribution is -2.07. The normalized spacial score (nSPS) is 10.6. The summed E-state index contributed by atoms with van der Waals surface area (Å²) in [6.45, 7) is 6.78. The summed E-state index contributed by atoms with van der Waals surface area (Å²) in [6.07, 6.45) is 14.5. The van der Waals surface area contributed by atoms with Crippen LogP contribution in [0.15, 0.2) is 12.1 Å². The minimum atomic E-state index is 0.279. The van der Waals surface area contributed by atoms with Gasteiger partial charge in [-0.25, -0.2) is 0 Å². The van der Waals surface area contributed by atoms with Crippen LogP contribution in [-0.2, 0) is 6.42 Å². The Morgan fingerprint density at radius 2 is 1.95 bits per heavy atom. The lowest BCUT2D eigenvalue weighted by molar-refractivity contribution is 0.112. The standard InChI is InChI=1S/C16H21NO.C4H6/c1-4-6-12(2)16-10-14(11-18)9-13(3)15(16)7-5-8-17;1-3-4-2/h1,9-12H,5-8,17H2,2-3H3;1H,4H2,2H3. The minimum absolute atomic E-state index is 0.279. The van der Waals surface area contributed by atoms with Crippen molar-refractivity contribution < 1.29 is 4.79 Å². The Morgan fingerprint density at radius 1 is 1.32 bits per heavy atom. The van der Waals surface area contributed by atoms with Gasteiger partial charge in [0.2, 0.25) is 0 Å². The van der Waals surface area contributed by atoms with E-state index in [9.17, 15) is 4.79 Å². The van der Waals surface area contributed by atoms with Gasteiger partial charge in [0.05, 0.1) is 0 Å². The Labute approximate surface area is 135 Å². The summed E-state index contributed by atoms with van der Waals surface area (Å²) < 4.78 is 0. The first-order valence-corrected chi connectivity index (χ1v) is 7.71. The van der Waals surface area contributed by atoms with E-state index in [0.29, 0.717) is 13.0 Å². The van der Waals surface area contributed by atoms with Crippen molar-refractivity contribution in [2.24, 2.45) is 5.73 Å². The van der Waals surface area contributed by atoms with Crippen LogP contribution in [0, 0.1) is 31.6 Å². The van der Waals surface area contributed by atoms with Crippen LogP contribution in [0.2, 0.25) is 0 Å². The van der Waals surface area contributed by atoms with E-state index in [1.54, 1.807) is 0 Å². The van der Waals surface area contributed by atoms with Crippen molar-refractivity contribution in [1.29, 1.82) is 0 Å². The van der Waals surface area contributed by atoms with Crippen molar-refractivity contribution in [1.82, 2.24) is 0 Å². The van der Waals surface area contributed by atoms with Crippen LogP contribution in [0.4, 0.5) is 0 Å². The van der Waals surface area contributed by atoms with Gasteiger partial charge >= 0.3 is 0 Å². The fourth-order valence-electron chi connectivity index (χ4n) is 2.29. The van der Waals surface area contributed by atoms with Crippen molar-refractivity contribution in [3.05, 3.63) is 34.4 Å². The van der Waals surface area contributed by atoms with Crippen LogP contribution in [0.3, 0.4) is 0 Å². The highest BCUT2D eigenvalue weighted by atomic mass is 16.1. The fraction of sp³-hybridized carbons (Fsp3) is 0.450. The van der Waals surface area contributed by atoms with Crippen LogP contribution in [0.5, 0.6) is 0 Å². The molecule has 0 aliphatic carbocycles. The first kappa shape index (κ1) is 20.0.